The first-order valence-electron chi connectivity index (χ1n) is 5.53. The van der Waals surface area contributed by atoms with Gasteiger partial charge < -0.3 is 10.6 Å². The lowest BCUT2D eigenvalue weighted by atomic mass is 10.2. The van der Waals surface area contributed by atoms with E-state index in [4.69, 9.17) is 5.73 Å². The fourth-order valence-electron chi connectivity index (χ4n) is 1.93. The van der Waals surface area contributed by atoms with Crippen molar-refractivity contribution in [3.63, 3.8) is 0 Å². The lowest BCUT2D eigenvalue weighted by Crippen LogP contribution is -2.26. The highest BCUT2D eigenvalue weighted by atomic mass is 19.1. The Hall–Kier alpha value is -1.69. The average Bonchev–Trinajstić information content (AvgIpc) is 2.87. The number of fused-ring (bicyclic) bond motifs is 1. The highest BCUT2D eigenvalue weighted by Crippen LogP contribution is 2.22. The van der Waals surface area contributed by atoms with E-state index in [0.717, 1.165) is 5.56 Å². The van der Waals surface area contributed by atoms with E-state index < -0.39 is 0 Å². The summed E-state index contributed by atoms with van der Waals surface area (Å²) in [5, 5.41) is 4.10. The monoisotopic (exact) mass is 238 g/mol. The zero-order valence-electron chi connectivity index (χ0n) is 9.69. The topological polar surface area (TPSA) is 64.2 Å². The van der Waals surface area contributed by atoms with Gasteiger partial charge in [0, 0.05) is 25.2 Å². The summed E-state index contributed by atoms with van der Waals surface area (Å²) in [6, 6.07) is 0. The summed E-state index contributed by atoms with van der Waals surface area (Å²) in [6.45, 7) is 3.52. The lowest BCUT2D eigenvalue weighted by Gasteiger charge is -2.13. The Morgan fingerprint density at radius 3 is 3.06 bits per heavy atom. The third-order valence-electron chi connectivity index (χ3n) is 2.92. The molecule has 2 heterocycles. The molecule has 6 heteroatoms. The molecule has 92 valence electrons. The summed E-state index contributed by atoms with van der Waals surface area (Å²) in [4.78, 5) is 13.7. The zero-order valence-corrected chi connectivity index (χ0v) is 9.69. The second kappa shape index (κ2) is 4.67. The molecule has 0 atom stereocenters. The number of halogens is 1. The van der Waals surface area contributed by atoms with Gasteiger partial charge in [-0.3, -0.25) is 9.48 Å². The van der Waals surface area contributed by atoms with E-state index in [-0.39, 0.29) is 19.0 Å². The molecule has 1 aliphatic rings. The Bertz CT molecular complexity index is 466. The molecule has 2 N–H and O–H groups in total. The second-order valence-corrected chi connectivity index (χ2v) is 3.97. The van der Waals surface area contributed by atoms with Crippen LogP contribution in [-0.4, -0.2) is 33.7 Å². The van der Waals surface area contributed by atoms with Crippen LogP contribution in [0.25, 0.3) is 0 Å². The number of amides is 1. The SMILES string of the molecule is CCN1Cc2cnn(C/C(=C/F)CN)c2C1=O. The van der Waals surface area contributed by atoms with Gasteiger partial charge in [0.1, 0.15) is 5.69 Å². The van der Waals surface area contributed by atoms with Crippen molar-refractivity contribution in [2.45, 2.75) is 20.0 Å². The first kappa shape index (κ1) is 11.8. The van der Waals surface area contributed by atoms with E-state index >= 15 is 0 Å². The van der Waals surface area contributed by atoms with Gasteiger partial charge in [-0.2, -0.15) is 5.10 Å². The third-order valence-corrected chi connectivity index (χ3v) is 2.92. The Labute approximate surface area is 98.7 Å². The quantitative estimate of drug-likeness (QED) is 0.838. The number of rotatable bonds is 4. The molecule has 0 saturated carbocycles. The summed E-state index contributed by atoms with van der Waals surface area (Å²) in [5.74, 6) is -0.0461. The second-order valence-electron chi connectivity index (χ2n) is 3.97. The molecule has 17 heavy (non-hydrogen) atoms. The number of carbonyl (C=O) groups excluding carboxylic acids is 1. The van der Waals surface area contributed by atoms with Crippen molar-refractivity contribution in [1.29, 1.82) is 0 Å². The smallest absolute Gasteiger partial charge is 0.272 e. The van der Waals surface area contributed by atoms with Gasteiger partial charge >= 0.3 is 0 Å². The van der Waals surface area contributed by atoms with E-state index in [1.54, 1.807) is 11.1 Å². The minimum absolute atomic E-state index is 0.0461. The Balaban J connectivity index is 2.26. The minimum atomic E-state index is -0.0461. The fourth-order valence-corrected chi connectivity index (χ4v) is 1.93. The number of nitrogens with zero attached hydrogens (tertiary/aromatic N) is 3. The van der Waals surface area contributed by atoms with E-state index in [1.807, 2.05) is 6.92 Å². The fraction of sp³-hybridized carbons (Fsp3) is 0.455. The Morgan fingerprint density at radius 1 is 1.71 bits per heavy atom. The third kappa shape index (κ3) is 1.95. The van der Waals surface area contributed by atoms with Gasteiger partial charge in [-0.25, -0.2) is 4.39 Å². The van der Waals surface area contributed by atoms with Gasteiger partial charge in [0.05, 0.1) is 19.1 Å². The van der Waals surface area contributed by atoms with Crippen molar-refractivity contribution < 1.29 is 9.18 Å². The molecule has 1 aromatic heterocycles. The number of nitrogens with two attached hydrogens (primary N) is 1. The molecule has 2 rings (SSSR count). The normalized spacial score (nSPS) is 15.6. The molecule has 0 aromatic carbocycles. The molecule has 0 saturated heterocycles. The summed E-state index contributed by atoms with van der Waals surface area (Å²) >= 11 is 0. The highest BCUT2D eigenvalue weighted by Gasteiger charge is 2.30. The van der Waals surface area contributed by atoms with Crippen molar-refractivity contribution >= 4 is 5.91 Å². The maximum Gasteiger partial charge on any atom is 0.272 e. The van der Waals surface area contributed by atoms with Crippen molar-refractivity contribution in [3.05, 3.63) is 29.4 Å². The average molecular weight is 238 g/mol. The molecule has 0 aliphatic carbocycles. The van der Waals surface area contributed by atoms with E-state index in [0.29, 0.717) is 30.7 Å². The van der Waals surface area contributed by atoms with Crippen LogP contribution in [-0.2, 0) is 13.1 Å². The zero-order chi connectivity index (χ0) is 12.4. The molecular formula is C11H15FN4O. The summed E-state index contributed by atoms with van der Waals surface area (Å²) in [6.07, 6.45) is 2.14. The molecule has 0 unspecified atom stereocenters. The van der Waals surface area contributed by atoms with Crippen LogP contribution in [0.4, 0.5) is 4.39 Å². The predicted molar refractivity (Wildman–Crippen MR) is 60.9 cm³/mol. The van der Waals surface area contributed by atoms with Crippen LogP contribution in [0.15, 0.2) is 18.1 Å². The van der Waals surface area contributed by atoms with Gasteiger partial charge in [0.2, 0.25) is 0 Å². The van der Waals surface area contributed by atoms with E-state index in [1.165, 1.54) is 4.68 Å². The van der Waals surface area contributed by atoms with Crippen molar-refractivity contribution in [3.8, 4) is 0 Å². The maximum absolute atomic E-state index is 12.5. The number of aromatic nitrogens is 2. The van der Waals surface area contributed by atoms with Crippen LogP contribution < -0.4 is 5.73 Å². The first-order valence-corrected chi connectivity index (χ1v) is 5.53. The summed E-state index contributed by atoms with van der Waals surface area (Å²) < 4.78 is 14.0. The largest absolute Gasteiger partial charge is 0.333 e. The lowest BCUT2D eigenvalue weighted by molar-refractivity contribution is 0.0776. The van der Waals surface area contributed by atoms with Crippen molar-refractivity contribution in [2.75, 3.05) is 13.1 Å². The minimum Gasteiger partial charge on any atom is -0.333 e. The first-order chi connectivity index (χ1) is 8.21. The van der Waals surface area contributed by atoms with Crippen LogP contribution in [0.3, 0.4) is 0 Å². The molecule has 0 spiro atoms. The van der Waals surface area contributed by atoms with Crippen LogP contribution in [0.2, 0.25) is 0 Å². The summed E-state index contributed by atoms with van der Waals surface area (Å²) in [5.41, 5.74) is 7.25. The van der Waals surface area contributed by atoms with Crippen LogP contribution in [0.1, 0.15) is 23.0 Å². The van der Waals surface area contributed by atoms with E-state index in [9.17, 15) is 9.18 Å². The molecule has 1 aliphatic heterocycles. The molecule has 5 nitrogen and oxygen atoms in total. The number of carbonyl (C=O) groups is 1. The molecule has 0 fully saturated rings. The van der Waals surface area contributed by atoms with Crippen LogP contribution >= 0.6 is 0 Å². The number of hydrogen-bond acceptors (Lipinski definition) is 3. The van der Waals surface area contributed by atoms with Gasteiger partial charge in [-0.1, -0.05) is 0 Å². The van der Waals surface area contributed by atoms with E-state index in [2.05, 4.69) is 5.10 Å². The number of hydrogen-bond donors (Lipinski definition) is 1. The molecule has 0 bridgehead atoms. The van der Waals surface area contributed by atoms with Crippen LogP contribution in [0, 0.1) is 0 Å². The molecule has 1 amide bonds. The van der Waals surface area contributed by atoms with Gasteiger partial charge in [0.25, 0.3) is 5.91 Å². The Morgan fingerprint density at radius 2 is 2.47 bits per heavy atom. The molecular weight excluding hydrogens is 223 g/mol. The van der Waals surface area contributed by atoms with Crippen LogP contribution in [0.5, 0.6) is 0 Å². The predicted octanol–water partition coefficient (Wildman–Crippen LogP) is 0.671. The maximum atomic E-state index is 12.5. The summed E-state index contributed by atoms with van der Waals surface area (Å²) in [7, 11) is 0. The van der Waals surface area contributed by atoms with Gasteiger partial charge in [0.15, 0.2) is 0 Å². The van der Waals surface area contributed by atoms with Gasteiger partial charge in [-0.15, -0.1) is 0 Å². The molecule has 1 aromatic rings. The van der Waals surface area contributed by atoms with Crippen molar-refractivity contribution in [1.82, 2.24) is 14.7 Å². The Kier molecular flexibility index (Phi) is 3.23. The molecule has 0 radical (unpaired) electrons. The van der Waals surface area contributed by atoms with Crippen molar-refractivity contribution in [2.24, 2.45) is 5.73 Å². The standard InChI is InChI=1S/C11H15FN4O/c1-2-15-7-9-5-14-16(10(9)11(15)17)6-8(3-12)4-13/h3,5H,2,4,6-7,13H2,1H3/b8-3+. The van der Waals surface area contributed by atoms with Gasteiger partial charge in [-0.05, 0) is 12.5 Å². The highest BCUT2D eigenvalue weighted by molar-refractivity contribution is 5.96.